The van der Waals surface area contributed by atoms with Crippen LogP contribution in [0, 0.1) is 0 Å². The number of nitrogens with zero attached hydrogens (tertiary/aromatic N) is 4. The van der Waals surface area contributed by atoms with Gasteiger partial charge in [0.1, 0.15) is 0 Å². The lowest BCUT2D eigenvalue weighted by molar-refractivity contribution is -0.145. The minimum atomic E-state index is -4.60. The molecular formula is C12H13F3N4O. The van der Waals surface area contributed by atoms with Gasteiger partial charge in [0, 0.05) is 6.04 Å². The van der Waals surface area contributed by atoms with Crippen LogP contribution in [0.3, 0.4) is 0 Å². The number of hydrogen-bond donors (Lipinski definition) is 0. The standard InChI is InChI=1S/C12H13F3N4O/c1-20-10-8-9(17-11(18-10)12(13,14)15)19(6-16-8)7-4-2-3-5-7/h6-7H,2-5H2,1H3. The number of ether oxygens (including phenoxy) is 1. The predicted octanol–water partition coefficient (Wildman–Crippen LogP) is 2.97. The number of aromatic nitrogens is 4. The third kappa shape index (κ3) is 2.08. The van der Waals surface area contributed by atoms with Crippen molar-refractivity contribution < 1.29 is 17.9 Å². The molecule has 1 fully saturated rings. The molecule has 0 aliphatic heterocycles. The monoisotopic (exact) mass is 286 g/mol. The first kappa shape index (κ1) is 13.1. The molecule has 3 rings (SSSR count). The Hall–Kier alpha value is -1.86. The fraction of sp³-hybridized carbons (Fsp3) is 0.583. The van der Waals surface area contributed by atoms with Gasteiger partial charge in [0.15, 0.2) is 11.2 Å². The smallest absolute Gasteiger partial charge is 0.451 e. The molecule has 0 bridgehead atoms. The van der Waals surface area contributed by atoms with Gasteiger partial charge in [-0.2, -0.15) is 18.2 Å². The van der Waals surface area contributed by atoms with Gasteiger partial charge in [-0.3, -0.25) is 0 Å². The summed E-state index contributed by atoms with van der Waals surface area (Å²) in [6.07, 6.45) is 0.917. The number of imidazole rings is 1. The lowest BCUT2D eigenvalue weighted by Crippen LogP contribution is -2.13. The molecule has 0 unspecified atom stereocenters. The fourth-order valence-electron chi connectivity index (χ4n) is 2.61. The van der Waals surface area contributed by atoms with Crippen LogP contribution in [0.15, 0.2) is 6.33 Å². The van der Waals surface area contributed by atoms with Gasteiger partial charge in [0.2, 0.25) is 11.7 Å². The first-order valence-corrected chi connectivity index (χ1v) is 6.36. The van der Waals surface area contributed by atoms with E-state index in [1.54, 1.807) is 4.57 Å². The highest BCUT2D eigenvalue weighted by Crippen LogP contribution is 2.35. The second-order valence-corrected chi connectivity index (χ2v) is 4.82. The van der Waals surface area contributed by atoms with Crippen molar-refractivity contribution in [2.75, 3.05) is 7.11 Å². The highest BCUT2D eigenvalue weighted by molar-refractivity contribution is 5.76. The average molecular weight is 286 g/mol. The molecule has 2 aromatic rings. The second kappa shape index (κ2) is 4.60. The highest BCUT2D eigenvalue weighted by Gasteiger charge is 2.37. The fourth-order valence-corrected chi connectivity index (χ4v) is 2.61. The summed E-state index contributed by atoms with van der Waals surface area (Å²) in [5.74, 6) is -1.33. The molecule has 0 aromatic carbocycles. The van der Waals surface area contributed by atoms with Gasteiger partial charge in [-0.15, -0.1) is 0 Å². The van der Waals surface area contributed by atoms with Crippen LogP contribution in [0.1, 0.15) is 37.5 Å². The Morgan fingerprint density at radius 2 is 1.95 bits per heavy atom. The Morgan fingerprint density at radius 1 is 1.25 bits per heavy atom. The Balaban J connectivity index is 2.19. The quantitative estimate of drug-likeness (QED) is 0.851. The molecule has 0 amide bonds. The summed E-state index contributed by atoms with van der Waals surface area (Å²) in [4.78, 5) is 11.1. The molecule has 2 heterocycles. The Kier molecular flexibility index (Phi) is 3.02. The summed E-state index contributed by atoms with van der Waals surface area (Å²) in [5, 5.41) is 0. The van der Waals surface area contributed by atoms with Crippen molar-refractivity contribution in [3.63, 3.8) is 0 Å². The van der Waals surface area contributed by atoms with Crippen molar-refractivity contribution >= 4 is 11.2 Å². The first-order valence-electron chi connectivity index (χ1n) is 6.36. The maximum Gasteiger partial charge on any atom is 0.451 e. The highest BCUT2D eigenvalue weighted by atomic mass is 19.4. The van der Waals surface area contributed by atoms with Gasteiger partial charge in [-0.05, 0) is 12.8 Å². The molecule has 2 aromatic heterocycles. The minimum Gasteiger partial charge on any atom is -0.479 e. The van der Waals surface area contributed by atoms with E-state index in [-0.39, 0.29) is 23.1 Å². The second-order valence-electron chi connectivity index (χ2n) is 4.82. The SMILES string of the molecule is COc1nc(C(F)(F)F)nc2c1ncn2C1CCCC1. The summed E-state index contributed by atoms with van der Waals surface area (Å²) < 4.78 is 45.1. The maximum absolute atomic E-state index is 12.8. The summed E-state index contributed by atoms with van der Waals surface area (Å²) in [6, 6.07) is 0.153. The molecule has 0 saturated heterocycles. The van der Waals surface area contributed by atoms with E-state index in [9.17, 15) is 13.2 Å². The number of methoxy groups -OCH3 is 1. The number of halogens is 3. The van der Waals surface area contributed by atoms with E-state index < -0.39 is 12.0 Å². The van der Waals surface area contributed by atoms with E-state index >= 15 is 0 Å². The predicted molar refractivity (Wildman–Crippen MR) is 64.4 cm³/mol. The van der Waals surface area contributed by atoms with Crippen molar-refractivity contribution in [3.05, 3.63) is 12.2 Å². The Bertz CT molecular complexity index is 631. The van der Waals surface area contributed by atoms with E-state index in [1.165, 1.54) is 13.4 Å². The molecule has 8 heteroatoms. The summed E-state index contributed by atoms with van der Waals surface area (Å²) in [7, 11) is 1.27. The van der Waals surface area contributed by atoms with Crippen LogP contribution in [-0.2, 0) is 6.18 Å². The molecule has 5 nitrogen and oxygen atoms in total. The van der Waals surface area contributed by atoms with Gasteiger partial charge >= 0.3 is 6.18 Å². The number of alkyl halides is 3. The number of rotatable bonds is 2. The van der Waals surface area contributed by atoms with Crippen molar-refractivity contribution in [2.24, 2.45) is 0 Å². The largest absolute Gasteiger partial charge is 0.479 e. The Morgan fingerprint density at radius 3 is 2.55 bits per heavy atom. The number of fused-ring (bicyclic) bond motifs is 1. The van der Waals surface area contributed by atoms with Crippen LogP contribution in [0.25, 0.3) is 11.2 Å². The zero-order valence-electron chi connectivity index (χ0n) is 10.8. The van der Waals surface area contributed by atoms with Crippen LogP contribution >= 0.6 is 0 Å². The van der Waals surface area contributed by atoms with Gasteiger partial charge in [-0.1, -0.05) is 12.8 Å². The molecule has 0 spiro atoms. The van der Waals surface area contributed by atoms with E-state index in [0.29, 0.717) is 0 Å². The van der Waals surface area contributed by atoms with Gasteiger partial charge < -0.3 is 9.30 Å². The topological polar surface area (TPSA) is 52.8 Å². The molecule has 0 N–H and O–H groups in total. The lowest BCUT2D eigenvalue weighted by Gasteiger charge is -2.13. The van der Waals surface area contributed by atoms with Crippen LogP contribution < -0.4 is 4.74 Å². The van der Waals surface area contributed by atoms with Crippen LogP contribution in [0.5, 0.6) is 5.88 Å². The summed E-state index contributed by atoms with van der Waals surface area (Å²) >= 11 is 0. The third-order valence-electron chi connectivity index (χ3n) is 3.55. The Labute approximate surface area is 112 Å². The van der Waals surface area contributed by atoms with Crippen LogP contribution in [0.4, 0.5) is 13.2 Å². The van der Waals surface area contributed by atoms with Gasteiger partial charge in [-0.25, -0.2) is 9.97 Å². The average Bonchev–Trinajstić information content (AvgIpc) is 3.04. The molecule has 0 atom stereocenters. The van der Waals surface area contributed by atoms with E-state index in [2.05, 4.69) is 15.0 Å². The van der Waals surface area contributed by atoms with Gasteiger partial charge in [0.05, 0.1) is 13.4 Å². The van der Waals surface area contributed by atoms with E-state index in [0.717, 1.165) is 25.7 Å². The zero-order chi connectivity index (χ0) is 14.3. The molecule has 0 radical (unpaired) electrons. The zero-order valence-corrected chi connectivity index (χ0v) is 10.8. The molecule has 1 aliphatic rings. The van der Waals surface area contributed by atoms with Crippen molar-refractivity contribution in [3.8, 4) is 5.88 Å². The van der Waals surface area contributed by atoms with Crippen molar-refractivity contribution in [2.45, 2.75) is 37.9 Å². The molecular weight excluding hydrogens is 273 g/mol. The molecule has 1 saturated carbocycles. The molecule has 20 heavy (non-hydrogen) atoms. The molecule has 1 aliphatic carbocycles. The van der Waals surface area contributed by atoms with Crippen molar-refractivity contribution in [1.29, 1.82) is 0 Å². The lowest BCUT2D eigenvalue weighted by atomic mass is 10.2. The molecule has 108 valence electrons. The maximum atomic E-state index is 12.8. The first-order chi connectivity index (χ1) is 9.50. The van der Waals surface area contributed by atoms with Crippen molar-refractivity contribution in [1.82, 2.24) is 19.5 Å². The van der Waals surface area contributed by atoms with Crippen LogP contribution in [0.2, 0.25) is 0 Å². The van der Waals surface area contributed by atoms with Gasteiger partial charge in [0.25, 0.3) is 0 Å². The summed E-state index contributed by atoms with van der Waals surface area (Å²) in [6.45, 7) is 0. The minimum absolute atomic E-state index is 0.140. The van der Waals surface area contributed by atoms with Crippen LogP contribution in [-0.4, -0.2) is 26.6 Å². The number of hydrogen-bond acceptors (Lipinski definition) is 4. The van der Waals surface area contributed by atoms with E-state index in [4.69, 9.17) is 4.74 Å². The third-order valence-corrected chi connectivity index (χ3v) is 3.55. The van der Waals surface area contributed by atoms with E-state index in [1.807, 2.05) is 0 Å². The normalized spacial score (nSPS) is 17.0. The summed E-state index contributed by atoms with van der Waals surface area (Å²) in [5.41, 5.74) is 0.462.